The summed E-state index contributed by atoms with van der Waals surface area (Å²) >= 11 is 0. The number of benzene rings is 1. The summed E-state index contributed by atoms with van der Waals surface area (Å²) in [5, 5.41) is 3.02. The van der Waals surface area contributed by atoms with Crippen molar-refractivity contribution in [2.45, 2.75) is 20.3 Å². The van der Waals surface area contributed by atoms with Crippen LogP contribution in [-0.2, 0) is 4.79 Å². The van der Waals surface area contributed by atoms with Crippen molar-refractivity contribution >= 4 is 23.1 Å². The molecule has 1 unspecified atom stereocenters. The number of carbonyl (C=O) groups is 1. The molecule has 0 spiro atoms. The molecular formula is C15H20N4O. The van der Waals surface area contributed by atoms with Crippen molar-refractivity contribution < 1.29 is 4.79 Å². The van der Waals surface area contributed by atoms with E-state index in [-0.39, 0.29) is 11.7 Å². The fourth-order valence-electron chi connectivity index (χ4n) is 2.29. The summed E-state index contributed by atoms with van der Waals surface area (Å²) in [6.07, 6.45) is 0.578. The lowest BCUT2D eigenvalue weighted by Crippen LogP contribution is -2.25. The van der Waals surface area contributed by atoms with Gasteiger partial charge in [-0.05, 0) is 24.6 Å². The lowest BCUT2D eigenvalue weighted by atomic mass is 9.91. The van der Waals surface area contributed by atoms with Gasteiger partial charge in [-0.3, -0.25) is 14.8 Å². The highest BCUT2D eigenvalue weighted by atomic mass is 16.1. The summed E-state index contributed by atoms with van der Waals surface area (Å²) in [6.45, 7) is 4.92. The Balaban J connectivity index is 2.12. The van der Waals surface area contributed by atoms with Crippen LogP contribution >= 0.6 is 0 Å². The quantitative estimate of drug-likeness (QED) is 0.650. The van der Waals surface area contributed by atoms with Gasteiger partial charge in [0.2, 0.25) is 0 Å². The lowest BCUT2D eigenvalue weighted by Gasteiger charge is -2.19. The first kappa shape index (κ1) is 14.2. The van der Waals surface area contributed by atoms with Crippen LogP contribution in [0.5, 0.6) is 0 Å². The van der Waals surface area contributed by atoms with Gasteiger partial charge in [-0.15, -0.1) is 0 Å². The minimum Gasteiger partial charge on any atom is -0.370 e. The molecule has 0 saturated heterocycles. The standard InChI is InChI=1S/C15H20N4O/c1-3-17-15(16)19-12-6-4-11(5-7-12)14-10(2)8-13(20)9-18-14/h4-7,10H,3,8-9H2,1-2H3,(H3,16,17,19). The Kier molecular flexibility index (Phi) is 4.50. The van der Waals surface area contributed by atoms with E-state index in [2.05, 4.69) is 15.3 Å². The fraction of sp³-hybridized carbons (Fsp3) is 0.400. The first-order valence-corrected chi connectivity index (χ1v) is 6.83. The Morgan fingerprint density at radius 2 is 2.15 bits per heavy atom. The van der Waals surface area contributed by atoms with Gasteiger partial charge in [-0.1, -0.05) is 19.1 Å². The molecule has 1 aromatic carbocycles. The third-order valence-electron chi connectivity index (χ3n) is 3.21. The van der Waals surface area contributed by atoms with Crippen molar-refractivity contribution in [1.82, 2.24) is 0 Å². The third-order valence-corrected chi connectivity index (χ3v) is 3.21. The molecule has 0 fully saturated rings. The Bertz CT molecular complexity index is 545. The number of hydrogen-bond acceptors (Lipinski definition) is 3. The molecular weight excluding hydrogens is 252 g/mol. The van der Waals surface area contributed by atoms with E-state index in [4.69, 9.17) is 5.73 Å². The predicted molar refractivity (Wildman–Crippen MR) is 82.4 cm³/mol. The maximum Gasteiger partial charge on any atom is 0.193 e. The van der Waals surface area contributed by atoms with Crippen molar-refractivity contribution in [3.05, 3.63) is 29.8 Å². The molecule has 0 bridgehead atoms. The first-order chi connectivity index (χ1) is 9.60. The topological polar surface area (TPSA) is 79.8 Å². The molecule has 1 aliphatic heterocycles. The second-order valence-electron chi connectivity index (χ2n) is 4.91. The molecule has 5 heteroatoms. The van der Waals surface area contributed by atoms with E-state index in [1.807, 2.05) is 38.1 Å². The van der Waals surface area contributed by atoms with E-state index < -0.39 is 0 Å². The lowest BCUT2D eigenvalue weighted by molar-refractivity contribution is -0.118. The molecule has 3 N–H and O–H groups in total. The number of carbonyl (C=O) groups excluding carboxylic acids is 1. The number of aliphatic imine (C=N–C) groups is 2. The number of ketones is 1. The molecule has 1 aromatic rings. The van der Waals surface area contributed by atoms with Crippen molar-refractivity contribution in [3.63, 3.8) is 0 Å². The molecule has 1 heterocycles. The zero-order valence-corrected chi connectivity index (χ0v) is 11.9. The maximum atomic E-state index is 11.3. The number of anilines is 1. The van der Waals surface area contributed by atoms with Crippen LogP contribution in [0, 0.1) is 5.92 Å². The van der Waals surface area contributed by atoms with E-state index in [0.717, 1.165) is 17.0 Å². The van der Waals surface area contributed by atoms with Crippen LogP contribution < -0.4 is 11.1 Å². The SMILES string of the molecule is CCN=C(N)Nc1ccc(C2=NCC(=O)CC2C)cc1. The van der Waals surface area contributed by atoms with Crippen molar-refractivity contribution in [2.24, 2.45) is 21.6 Å². The van der Waals surface area contributed by atoms with Gasteiger partial charge >= 0.3 is 0 Å². The van der Waals surface area contributed by atoms with Crippen molar-refractivity contribution in [3.8, 4) is 0 Å². The third kappa shape index (κ3) is 3.44. The number of Topliss-reactive ketones (excluding diaryl/α,β-unsaturated/α-hetero) is 1. The highest BCUT2D eigenvalue weighted by molar-refractivity contribution is 6.07. The molecule has 1 atom stereocenters. The maximum absolute atomic E-state index is 11.3. The summed E-state index contributed by atoms with van der Waals surface area (Å²) < 4.78 is 0. The van der Waals surface area contributed by atoms with Crippen LogP contribution in [0.4, 0.5) is 5.69 Å². The van der Waals surface area contributed by atoms with Crippen LogP contribution in [0.2, 0.25) is 0 Å². The second kappa shape index (κ2) is 6.32. The van der Waals surface area contributed by atoms with Crippen LogP contribution in [-0.4, -0.2) is 30.5 Å². The number of nitrogens with one attached hydrogen (secondary N) is 1. The van der Waals surface area contributed by atoms with E-state index in [1.54, 1.807) is 0 Å². The van der Waals surface area contributed by atoms with Gasteiger partial charge in [0.05, 0.1) is 6.54 Å². The molecule has 0 aliphatic carbocycles. The van der Waals surface area contributed by atoms with Gasteiger partial charge in [0.1, 0.15) is 0 Å². The molecule has 106 valence electrons. The highest BCUT2D eigenvalue weighted by Gasteiger charge is 2.21. The van der Waals surface area contributed by atoms with Gasteiger partial charge in [-0.2, -0.15) is 0 Å². The Morgan fingerprint density at radius 3 is 2.75 bits per heavy atom. The van der Waals surface area contributed by atoms with Gasteiger partial charge in [0, 0.05) is 30.3 Å². The normalized spacial score (nSPS) is 19.7. The molecule has 0 aromatic heterocycles. The van der Waals surface area contributed by atoms with Crippen LogP contribution in [0.15, 0.2) is 34.3 Å². The number of rotatable bonds is 3. The fourth-order valence-corrected chi connectivity index (χ4v) is 2.29. The smallest absolute Gasteiger partial charge is 0.193 e. The summed E-state index contributed by atoms with van der Waals surface area (Å²) in [5.41, 5.74) is 8.67. The Labute approximate surface area is 119 Å². The minimum absolute atomic E-state index is 0.182. The van der Waals surface area contributed by atoms with Gasteiger partial charge in [-0.25, -0.2) is 0 Å². The molecule has 20 heavy (non-hydrogen) atoms. The summed E-state index contributed by atoms with van der Waals surface area (Å²) in [6, 6.07) is 7.87. The Morgan fingerprint density at radius 1 is 1.45 bits per heavy atom. The second-order valence-corrected chi connectivity index (χ2v) is 4.91. The van der Waals surface area contributed by atoms with Gasteiger partial charge in [0.25, 0.3) is 0 Å². The van der Waals surface area contributed by atoms with Crippen molar-refractivity contribution in [1.29, 1.82) is 0 Å². The van der Waals surface area contributed by atoms with E-state index >= 15 is 0 Å². The molecule has 1 aliphatic rings. The van der Waals surface area contributed by atoms with Crippen LogP contribution in [0.3, 0.4) is 0 Å². The monoisotopic (exact) mass is 272 g/mol. The highest BCUT2D eigenvalue weighted by Crippen LogP contribution is 2.19. The van der Waals surface area contributed by atoms with E-state index in [1.165, 1.54) is 0 Å². The van der Waals surface area contributed by atoms with Crippen molar-refractivity contribution in [2.75, 3.05) is 18.4 Å². The predicted octanol–water partition coefficient (Wildman–Crippen LogP) is 1.83. The number of nitrogens with zero attached hydrogens (tertiary/aromatic N) is 2. The first-order valence-electron chi connectivity index (χ1n) is 6.83. The minimum atomic E-state index is 0.182. The van der Waals surface area contributed by atoms with Crippen LogP contribution in [0.25, 0.3) is 0 Å². The van der Waals surface area contributed by atoms with Gasteiger partial charge < -0.3 is 11.1 Å². The number of guanidine groups is 1. The Hall–Kier alpha value is -2.17. The molecule has 0 amide bonds. The molecule has 0 saturated carbocycles. The number of hydrogen-bond donors (Lipinski definition) is 2. The zero-order chi connectivity index (χ0) is 14.5. The summed E-state index contributed by atoms with van der Waals surface area (Å²) in [7, 11) is 0. The largest absolute Gasteiger partial charge is 0.370 e. The molecule has 5 nitrogen and oxygen atoms in total. The average Bonchev–Trinajstić information content (AvgIpc) is 2.40. The zero-order valence-electron chi connectivity index (χ0n) is 11.9. The van der Waals surface area contributed by atoms with Crippen LogP contribution in [0.1, 0.15) is 25.8 Å². The van der Waals surface area contributed by atoms with E-state index in [9.17, 15) is 4.79 Å². The summed E-state index contributed by atoms with van der Waals surface area (Å²) in [4.78, 5) is 19.8. The average molecular weight is 272 g/mol. The van der Waals surface area contributed by atoms with Gasteiger partial charge in [0.15, 0.2) is 11.7 Å². The molecule has 2 rings (SSSR count). The number of nitrogens with two attached hydrogens (primary N) is 1. The molecule has 0 radical (unpaired) electrons. The summed E-state index contributed by atoms with van der Waals surface area (Å²) in [5.74, 6) is 0.805. The van der Waals surface area contributed by atoms with E-state index in [0.29, 0.717) is 25.5 Å².